The molecule has 0 bridgehead atoms. The zero-order valence-electron chi connectivity index (χ0n) is 7.39. The number of rotatable bonds is 2. The van der Waals surface area contributed by atoms with Gasteiger partial charge in [-0.3, -0.25) is 0 Å². The fraction of sp³-hybridized carbons (Fsp3) is 0.333. The second-order valence-electron chi connectivity index (χ2n) is 2.71. The van der Waals surface area contributed by atoms with Gasteiger partial charge in [0.15, 0.2) is 0 Å². The smallest absolute Gasteiger partial charge is 0.242 e. The Morgan fingerprint density at radius 3 is 2.71 bits per heavy atom. The molecule has 5 heteroatoms. The number of nitriles is 1. The first-order valence-electron chi connectivity index (χ1n) is 3.84. The fourth-order valence-electron chi connectivity index (χ4n) is 1.21. The van der Waals surface area contributed by atoms with Crippen LogP contribution in [-0.4, -0.2) is 4.98 Å². The molecule has 0 fully saturated rings. The third-order valence-corrected chi connectivity index (χ3v) is 2.10. The minimum Gasteiger partial charge on any atom is -0.242 e. The molecule has 0 aliphatic carbocycles. The molecule has 0 saturated heterocycles. The highest BCUT2D eigenvalue weighted by Gasteiger charge is 2.17. The van der Waals surface area contributed by atoms with Crippen LogP contribution in [0.2, 0.25) is 0 Å². The molecule has 2 nitrogen and oxygen atoms in total. The van der Waals surface area contributed by atoms with E-state index in [0.717, 1.165) is 0 Å². The largest absolute Gasteiger partial charge is 0.265 e. The minimum absolute atomic E-state index is 0.0439. The topological polar surface area (TPSA) is 36.7 Å². The lowest BCUT2D eigenvalue weighted by molar-refractivity contribution is 0.149. The summed E-state index contributed by atoms with van der Waals surface area (Å²) in [7, 11) is 0. The van der Waals surface area contributed by atoms with Crippen LogP contribution >= 0.6 is 11.6 Å². The molecule has 0 aromatic carbocycles. The molecule has 0 saturated carbocycles. The summed E-state index contributed by atoms with van der Waals surface area (Å²) in [6.45, 7) is 1.44. The van der Waals surface area contributed by atoms with E-state index in [1.54, 1.807) is 6.07 Å². The lowest BCUT2D eigenvalue weighted by Crippen LogP contribution is -2.01. The molecule has 0 aliphatic rings. The van der Waals surface area contributed by atoms with Crippen molar-refractivity contribution in [3.8, 4) is 6.07 Å². The highest BCUT2D eigenvalue weighted by Crippen LogP contribution is 2.27. The normalized spacial score (nSPS) is 10.3. The van der Waals surface area contributed by atoms with Gasteiger partial charge in [-0.1, -0.05) is 0 Å². The summed E-state index contributed by atoms with van der Waals surface area (Å²) >= 11 is 5.51. The van der Waals surface area contributed by atoms with Gasteiger partial charge in [-0.25, -0.2) is 13.8 Å². The van der Waals surface area contributed by atoms with Gasteiger partial charge in [-0.05, 0) is 18.6 Å². The molecular weight excluding hydrogens is 210 g/mol. The van der Waals surface area contributed by atoms with Crippen molar-refractivity contribution in [2.75, 3.05) is 0 Å². The number of halogens is 3. The Hall–Kier alpha value is -1.21. The maximum absolute atomic E-state index is 12.5. The highest BCUT2D eigenvalue weighted by atomic mass is 35.5. The van der Waals surface area contributed by atoms with Crippen LogP contribution in [0.4, 0.5) is 8.78 Å². The molecule has 1 aromatic heterocycles. The number of nitrogens with zero attached hydrogens (tertiary/aromatic N) is 2. The van der Waals surface area contributed by atoms with Crippen molar-refractivity contribution >= 4 is 11.6 Å². The van der Waals surface area contributed by atoms with Crippen LogP contribution in [0.15, 0.2) is 6.07 Å². The Labute approximate surface area is 85.1 Å². The summed E-state index contributed by atoms with van der Waals surface area (Å²) in [6.07, 6.45) is -2.61. The van der Waals surface area contributed by atoms with Crippen molar-refractivity contribution < 1.29 is 8.78 Å². The van der Waals surface area contributed by atoms with Crippen LogP contribution in [0.25, 0.3) is 0 Å². The number of pyridine rings is 1. The lowest BCUT2D eigenvalue weighted by atomic mass is 10.1. The Balaban J connectivity index is 3.36. The van der Waals surface area contributed by atoms with Gasteiger partial charge in [-0.15, -0.1) is 11.6 Å². The molecule has 1 heterocycles. The molecule has 0 spiro atoms. The number of aryl methyl sites for hydroxylation is 1. The number of aromatic nitrogens is 1. The number of hydrogen-bond donors (Lipinski definition) is 0. The Morgan fingerprint density at radius 2 is 2.29 bits per heavy atom. The van der Waals surface area contributed by atoms with Crippen LogP contribution in [0.3, 0.4) is 0 Å². The molecule has 0 amide bonds. The molecule has 0 unspecified atom stereocenters. The SMILES string of the molecule is Cc1nc(C#N)cc(CCl)c1C(F)F. The average Bonchev–Trinajstić information content (AvgIpc) is 2.15. The van der Waals surface area contributed by atoms with Crippen molar-refractivity contribution in [3.05, 3.63) is 28.6 Å². The lowest BCUT2D eigenvalue weighted by Gasteiger charge is -2.09. The highest BCUT2D eigenvalue weighted by molar-refractivity contribution is 6.17. The molecule has 14 heavy (non-hydrogen) atoms. The Morgan fingerprint density at radius 1 is 1.64 bits per heavy atom. The van der Waals surface area contributed by atoms with E-state index in [1.807, 2.05) is 0 Å². The first kappa shape index (κ1) is 10.9. The maximum atomic E-state index is 12.5. The molecule has 0 atom stereocenters. The summed E-state index contributed by atoms with van der Waals surface area (Å²) < 4.78 is 25.1. The van der Waals surface area contributed by atoms with Crippen molar-refractivity contribution in [2.45, 2.75) is 19.2 Å². The summed E-state index contributed by atoms with van der Waals surface area (Å²) in [4.78, 5) is 3.72. The summed E-state index contributed by atoms with van der Waals surface area (Å²) in [5.74, 6) is -0.0439. The van der Waals surface area contributed by atoms with Gasteiger partial charge >= 0.3 is 0 Å². The summed E-state index contributed by atoms with van der Waals surface area (Å²) in [6, 6.07) is 3.09. The second-order valence-corrected chi connectivity index (χ2v) is 2.98. The minimum atomic E-state index is -2.61. The van der Waals surface area contributed by atoms with Crippen molar-refractivity contribution in [3.63, 3.8) is 0 Å². The van der Waals surface area contributed by atoms with Crippen LogP contribution in [0.5, 0.6) is 0 Å². The third-order valence-electron chi connectivity index (χ3n) is 1.81. The van der Waals surface area contributed by atoms with E-state index in [2.05, 4.69) is 4.98 Å². The van der Waals surface area contributed by atoms with Crippen LogP contribution in [-0.2, 0) is 5.88 Å². The maximum Gasteiger partial charge on any atom is 0.265 e. The van der Waals surface area contributed by atoms with Crippen LogP contribution < -0.4 is 0 Å². The summed E-state index contributed by atoms with van der Waals surface area (Å²) in [5.41, 5.74) is 0.377. The monoisotopic (exact) mass is 216 g/mol. The second kappa shape index (κ2) is 4.34. The molecule has 0 aliphatic heterocycles. The molecule has 74 valence electrons. The van der Waals surface area contributed by atoms with Crippen LogP contribution in [0.1, 0.15) is 28.9 Å². The molecule has 1 aromatic rings. The van der Waals surface area contributed by atoms with Gasteiger partial charge in [0.1, 0.15) is 11.8 Å². The van der Waals surface area contributed by atoms with E-state index in [4.69, 9.17) is 16.9 Å². The third kappa shape index (κ3) is 1.99. The Bertz CT molecular complexity index is 385. The first-order valence-corrected chi connectivity index (χ1v) is 4.38. The number of hydrogen-bond acceptors (Lipinski definition) is 2. The average molecular weight is 217 g/mol. The fourth-order valence-corrected chi connectivity index (χ4v) is 1.44. The van der Waals surface area contributed by atoms with E-state index < -0.39 is 6.43 Å². The quantitative estimate of drug-likeness (QED) is 0.713. The van der Waals surface area contributed by atoms with Crippen molar-refractivity contribution in [1.29, 1.82) is 5.26 Å². The molecular formula is C9H7ClF2N2. The van der Waals surface area contributed by atoms with Gasteiger partial charge in [0.25, 0.3) is 6.43 Å². The van der Waals surface area contributed by atoms with Gasteiger partial charge in [-0.2, -0.15) is 5.26 Å². The van der Waals surface area contributed by atoms with Crippen LogP contribution in [0, 0.1) is 18.3 Å². The Kier molecular flexibility index (Phi) is 3.37. The van der Waals surface area contributed by atoms with Gasteiger partial charge in [0.05, 0.1) is 0 Å². The zero-order valence-corrected chi connectivity index (χ0v) is 8.15. The van der Waals surface area contributed by atoms with E-state index in [-0.39, 0.29) is 28.4 Å². The van der Waals surface area contributed by atoms with E-state index in [0.29, 0.717) is 0 Å². The molecule has 0 radical (unpaired) electrons. The van der Waals surface area contributed by atoms with Gasteiger partial charge in [0.2, 0.25) is 0 Å². The standard InChI is InChI=1S/C9H7ClF2N2/c1-5-8(9(11)12)6(3-10)2-7(4-13)14-5/h2,9H,3H2,1H3. The van der Waals surface area contributed by atoms with Crippen molar-refractivity contribution in [1.82, 2.24) is 4.98 Å². The zero-order chi connectivity index (χ0) is 10.7. The first-order chi connectivity index (χ1) is 6.60. The predicted octanol–water partition coefficient (Wildman–Crippen LogP) is 2.94. The van der Waals surface area contributed by atoms with E-state index in [9.17, 15) is 8.78 Å². The van der Waals surface area contributed by atoms with E-state index in [1.165, 1.54) is 13.0 Å². The van der Waals surface area contributed by atoms with E-state index >= 15 is 0 Å². The van der Waals surface area contributed by atoms with Gasteiger partial charge in [0, 0.05) is 17.1 Å². The summed E-state index contributed by atoms with van der Waals surface area (Å²) in [5, 5.41) is 8.57. The molecule has 0 N–H and O–H groups in total. The van der Waals surface area contributed by atoms with Gasteiger partial charge < -0.3 is 0 Å². The molecule has 1 rings (SSSR count). The number of alkyl halides is 3. The van der Waals surface area contributed by atoms with Crippen molar-refractivity contribution in [2.24, 2.45) is 0 Å². The predicted molar refractivity (Wildman–Crippen MR) is 48.2 cm³/mol.